The number of hydrogen-bond acceptors (Lipinski definition) is 3. The third kappa shape index (κ3) is 6.91. The molecule has 0 heterocycles. The van der Waals surface area contributed by atoms with Crippen LogP contribution in [0.25, 0.3) is 0 Å². The molecule has 0 spiro atoms. The van der Waals surface area contributed by atoms with Crippen molar-refractivity contribution in [1.29, 1.82) is 0 Å². The number of nitrogens with two attached hydrogens (primary N) is 1. The van der Waals surface area contributed by atoms with Crippen LogP contribution in [0.4, 0.5) is 0 Å². The van der Waals surface area contributed by atoms with Crippen LogP contribution in [0.3, 0.4) is 0 Å². The third-order valence-corrected chi connectivity index (χ3v) is 3.22. The van der Waals surface area contributed by atoms with Crippen LogP contribution in [0.5, 0.6) is 0 Å². The average Bonchev–Trinajstić information content (AvgIpc) is 2.45. The predicted octanol–water partition coefficient (Wildman–Crippen LogP) is 1.26. The summed E-state index contributed by atoms with van der Waals surface area (Å²) in [7, 11) is 0. The van der Waals surface area contributed by atoms with Crippen LogP contribution in [0, 0.1) is 5.92 Å². The highest BCUT2D eigenvalue weighted by molar-refractivity contribution is 5.88. The summed E-state index contributed by atoms with van der Waals surface area (Å²) in [4.78, 5) is 24.2. The fraction of sp³-hybridized carbons (Fsp3) is 0.500. The van der Waals surface area contributed by atoms with E-state index in [-0.39, 0.29) is 42.6 Å². The second-order valence-corrected chi connectivity index (χ2v) is 5.60. The van der Waals surface area contributed by atoms with Crippen LogP contribution < -0.4 is 16.4 Å². The number of benzene rings is 1. The largest absolute Gasteiger partial charge is 0.351 e. The first-order valence-electron chi connectivity index (χ1n) is 7.27. The van der Waals surface area contributed by atoms with Crippen LogP contribution in [-0.4, -0.2) is 30.4 Å². The van der Waals surface area contributed by atoms with E-state index in [4.69, 9.17) is 5.73 Å². The molecule has 1 aromatic carbocycles. The van der Waals surface area contributed by atoms with E-state index in [2.05, 4.69) is 10.6 Å². The second-order valence-electron chi connectivity index (χ2n) is 5.60. The van der Waals surface area contributed by atoms with Gasteiger partial charge in [-0.3, -0.25) is 9.59 Å². The van der Waals surface area contributed by atoms with Gasteiger partial charge in [0.05, 0.1) is 6.42 Å². The quantitative estimate of drug-likeness (QED) is 0.705. The van der Waals surface area contributed by atoms with E-state index in [0.717, 1.165) is 5.56 Å². The molecule has 0 fully saturated rings. The zero-order chi connectivity index (χ0) is 15.8. The first-order valence-corrected chi connectivity index (χ1v) is 7.27. The molecule has 0 aromatic heterocycles. The molecule has 0 saturated carbocycles. The van der Waals surface area contributed by atoms with Gasteiger partial charge >= 0.3 is 0 Å². The average molecular weight is 328 g/mol. The van der Waals surface area contributed by atoms with Crippen molar-refractivity contribution < 1.29 is 9.59 Å². The Morgan fingerprint density at radius 3 is 2.18 bits per heavy atom. The van der Waals surface area contributed by atoms with E-state index < -0.39 is 6.04 Å². The molecule has 124 valence electrons. The number of halogens is 1. The van der Waals surface area contributed by atoms with E-state index in [0.29, 0.717) is 6.54 Å². The van der Waals surface area contributed by atoms with Gasteiger partial charge in [-0.15, -0.1) is 12.4 Å². The van der Waals surface area contributed by atoms with E-state index >= 15 is 0 Å². The van der Waals surface area contributed by atoms with Gasteiger partial charge in [0.25, 0.3) is 0 Å². The molecule has 2 amide bonds. The van der Waals surface area contributed by atoms with E-state index in [9.17, 15) is 9.59 Å². The highest BCUT2D eigenvalue weighted by atomic mass is 35.5. The lowest BCUT2D eigenvalue weighted by molar-refractivity contribution is -0.130. The van der Waals surface area contributed by atoms with E-state index in [1.165, 1.54) is 0 Å². The van der Waals surface area contributed by atoms with Crippen molar-refractivity contribution >= 4 is 24.2 Å². The Morgan fingerprint density at radius 1 is 1.09 bits per heavy atom. The van der Waals surface area contributed by atoms with Crippen molar-refractivity contribution in [2.75, 3.05) is 6.54 Å². The monoisotopic (exact) mass is 327 g/mol. The van der Waals surface area contributed by atoms with E-state index in [1.807, 2.05) is 51.1 Å². The van der Waals surface area contributed by atoms with Crippen LogP contribution >= 0.6 is 12.4 Å². The number of carbonyl (C=O) groups is 2. The molecule has 1 aromatic rings. The molecule has 0 aliphatic heterocycles. The Labute approximate surface area is 138 Å². The normalized spacial score (nSPS) is 13.0. The number of hydrogen-bond donors (Lipinski definition) is 3. The minimum atomic E-state index is -0.546. The topological polar surface area (TPSA) is 84.2 Å². The summed E-state index contributed by atoms with van der Waals surface area (Å²) in [5, 5.41) is 5.60. The minimum Gasteiger partial charge on any atom is -0.351 e. The van der Waals surface area contributed by atoms with Gasteiger partial charge in [-0.2, -0.15) is 0 Å². The Bertz CT molecular complexity index is 466. The van der Waals surface area contributed by atoms with Gasteiger partial charge in [0.2, 0.25) is 11.8 Å². The van der Waals surface area contributed by atoms with Gasteiger partial charge in [0, 0.05) is 12.6 Å². The zero-order valence-electron chi connectivity index (χ0n) is 13.3. The highest BCUT2D eigenvalue weighted by Crippen LogP contribution is 2.05. The van der Waals surface area contributed by atoms with Gasteiger partial charge < -0.3 is 16.4 Å². The van der Waals surface area contributed by atoms with Crippen molar-refractivity contribution in [2.45, 2.75) is 39.3 Å². The molecule has 0 bridgehead atoms. The van der Waals surface area contributed by atoms with Crippen LogP contribution in [0.2, 0.25) is 0 Å². The van der Waals surface area contributed by atoms with Crippen molar-refractivity contribution in [3.63, 3.8) is 0 Å². The summed E-state index contributed by atoms with van der Waals surface area (Å²) >= 11 is 0. The molecule has 0 radical (unpaired) electrons. The van der Waals surface area contributed by atoms with Gasteiger partial charge in [-0.25, -0.2) is 0 Å². The Hall–Kier alpha value is -1.59. The van der Waals surface area contributed by atoms with Crippen LogP contribution in [-0.2, 0) is 16.0 Å². The Balaban J connectivity index is 0.00000441. The molecule has 1 unspecified atom stereocenters. The molecule has 22 heavy (non-hydrogen) atoms. The van der Waals surface area contributed by atoms with Gasteiger partial charge in [0.1, 0.15) is 6.04 Å². The molecule has 1 rings (SSSR count). The van der Waals surface area contributed by atoms with Gasteiger partial charge in [0.15, 0.2) is 0 Å². The highest BCUT2D eigenvalue weighted by Gasteiger charge is 2.24. The molecule has 4 N–H and O–H groups in total. The van der Waals surface area contributed by atoms with Crippen LogP contribution in [0.1, 0.15) is 26.3 Å². The number of nitrogens with one attached hydrogen (secondary N) is 2. The second kappa shape index (κ2) is 10.2. The fourth-order valence-corrected chi connectivity index (χ4v) is 1.93. The summed E-state index contributed by atoms with van der Waals surface area (Å²) in [6.07, 6.45) is 0.268. The summed E-state index contributed by atoms with van der Waals surface area (Å²) in [5.41, 5.74) is 6.42. The predicted molar refractivity (Wildman–Crippen MR) is 90.8 cm³/mol. The molecular formula is C16H26ClN3O2. The zero-order valence-corrected chi connectivity index (χ0v) is 14.2. The summed E-state index contributed by atoms with van der Waals surface area (Å²) in [6, 6.07) is 8.80. The lowest BCUT2D eigenvalue weighted by Gasteiger charge is -2.23. The maximum Gasteiger partial charge on any atom is 0.243 e. The van der Waals surface area contributed by atoms with Crippen LogP contribution in [0.15, 0.2) is 30.3 Å². The molecule has 0 saturated heterocycles. The van der Waals surface area contributed by atoms with Gasteiger partial charge in [-0.05, 0) is 18.4 Å². The Kier molecular flexibility index (Phi) is 9.45. The maximum atomic E-state index is 12.2. The lowest BCUT2D eigenvalue weighted by Crippen LogP contribution is -2.53. The van der Waals surface area contributed by atoms with Crippen molar-refractivity contribution in [3.8, 4) is 0 Å². The SMILES string of the molecule is CC(C)C(NC(=O)Cc1ccccc1)C(=O)N[C@@H](C)CN.Cl. The summed E-state index contributed by atoms with van der Waals surface area (Å²) < 4.78 is 0. The number of rotatable bonds is 7. The molecular weight excluding hydrogens is 302 g/mol. The molecule has 6 heteroatoms. The van der Waals surface area contributed by atoms with Crippen molar-refractivity contribution in [3.05, 3.63) is 35.9 Å². The first kappa shape index (κ1) is 20.4. The molecule has 0 aliphatic carbocycles. The lowest BCUT2D eigenvalue weighted by atomic mass is 10.0. The van der Waals surface area contributed by atoms with Crippen molar-refractivity contribution in [1.82, 2.24) is 10.6 Å². The van der Waals surface area contributed by atoms with Crippen molar-refractivity contribution in [2.24, 2.45) is 11.7 Å². The molecule has 0 aliphatic rings. The summed E-state index contributed by atoms with van der Waals surface area (Å²) in [5.74, 6) is -0.338. The molecule has 2 atom stereocenters. The Morgan fingerprint density at radius 2 is 1.68 bits per heavy atom. The smallest absolute Gasteiger partial charge is 0.243 e. The van der Waals surface area contributed by atoms with Gasteiger partial charge in [-0.1, -0.05) is 44.2 Å². The number of carbonyl (C=O) groups excluding carboxylic acids is 2. The third-order valence-electron chi connectivity index (χ3n) is 3.22. The summed E-state index contributed by atoms with van der Waals surface area (Å²) in [6.45, 7) is 6.01. The van der Waals surface area contributed by atoms with E-state index in [1.54, 1.807) is 0 Å². The first-order chi connectivity index (χ1) is 9.93. The maximum absolute atomic E-state index is 12.2. The molecule has 5 nitrogen and oxygen atoms in total. The minimum absolute atomic E-state index is 0. The number of amides is 2. The fourth-order valence-electron chi connectivity index (χ4n) is 1.93. The standard InChI is InChI=1S/C16H25N3O2.ClH/c1-11(2)15(16(21)18-12(3)10-17)19-14(20)9-13-7-5-4-6-8-13;/h4-8,11-12,15H,9-10,17H2,1-3H3,(H,18,21)(H,19,20);1H/t12-,15?;/m0./s1.